The third kappa shape index (κ3) is 2.79. The van der Waals surface area contributed by atoms with Crippen molar-refractivity contribution in [1.82, 2.24) is 15.0 Å². The molecule has 0 fully saturated rings. The molecule has 1 atom stereocenters. The highest BCUT2D eigenvalue weighted by atomic mass is 16.3. The van der Waals surface area contributed by atoms with E-state index in [-0.39, 0.29) is 12.6 Å². The number of hydrogen-bond acceptors (Lipinski definition) is 6. The van der Waals surface area contributed by atoms with E-state index in [1.165, 1.54) is 0 Å². The molecule has 100 valence electrons. The lowest BCUT2D eigenvalue weighted by molar-refractivity contribution is 0.223. The lowest BCUT2D eigenvalue weighted by Gasteiger charge is -2.28. The summed E-state index contributed by atoms with van der Waals surface area (Å²) in [5.74, 6) is 0.684. The number of aliphatic hydroxyl groups excluding tert-OH is 1. The van der Waals surface area contributed by atoms with Crippen molar-refractivity contribution in [3.63, 3.8) is 0 Å². The van der Waals surface area contributed by atoms with Crippen LogP contribution in [0.3, 0.4) is 0 Å². The van der Waals surface area contributed by atoms with E-state index in [1.54, 1.807) is 18.3 Å². The second-order valence-corrected chi connectivity index (χ2v) is 4.64. The number of aliphatic hydroxyl groups is 1. The van der Waals surface area contributed by atoms with Crippen LogP contribution in [-0.2, 0) is 0 Å². The normalized spacial score (nSPS) is 14.0. The molecule has 1 unspecified atom stereocenters. The van der Waals surface area contributed by atoms with Crippen LogP contribution >= 0.6 is 0 Å². The van der Waals surface area contributed by atoms with Gasteiger partial charge in [0.15, 0.2) is 5.82 Å². The third-order valence-electron chi connectivity index (χ3n) is 2.84. The van der Waals surface area contributed by atoms with Gasteiger partial charge in [-0.3, -0.25) is 4.98 Å². The minimum absolute atomic E-state index is 0.0583. The van der Waals surface area contributed by atoms with Crippen molar-refractivity contribution in [2.24, 2.45) is 0 Å². The first kappa shape index (κ1) is 13.2. The molecule has 0 aromatic carbocycles. The highest BCUT2D eigenvalue weighted by Gasteiger charge is 2.23. The quantitative estimate of drug-likeness (QED) is 0.701. The molecule has 19 heavy (non-hydrogen) atoms. The fraction of sp³-hybridized carbons (Fsp3) is 0.308. The van der Waals surface area contributed by atoms with Gasteiger partial charge < -0.3 is 16.2 Å². The molecule has 0 amide bonds. The number of nitrogens with one attached hydrogen (secondary N) is 1. The molecule has 2 aromatic heterocycles. The predicted octanol–water partition coefficient (Wildman–Crippen LogP) is 1.35. The molecule has 0 saturated carbocycles. The van der Waals surface area contributed by atoms with Crippen LogP contribution in [0.1, 0.15) is 13.3 Å². The Bertz CT molecular complexity index is 601. The average Bonchev–Trinajstić information content (AvgIpc) is 2.39. The van der Waals surface area contributed by atoms with Crippen molar-refractivity contribution >= 4 is 22.8 Å². The van der Waals surface area contributed by atoms with Gasteiger partial charge in [-0.1, -0.05) is 6.08 Å². The van der Waals surface area contributed by atoms with Gasteiger partial charge in [0.2, 0.25) is 5.95 Å². The van der Waals surface area contributed by atoms with Gasteiger partial charge in [-0.25, -0.2) is 4.98 Å². The maximum absolute atomic E-state index is 9.51. The average molecular weight is 259 g/mol. The molecule has 2 aromatic rings. The molecule has 6 heteroatoms. The van der Waals surface area contributed by atoms with Crippen molar-refractivity contribution in [1.29, 1.82) is 0 Å². The van der Waals surface area contributed by atoms with Crippen molar-refractivity contribution in [3.05, 3.63) is 31.0 Å². The zero-order valence-electron chi connectivity index (χ0n) is 10.8. The van der Waals surface area contributed by atoms with Crippen LogP contribution in [0, 0.1) is 0 Å². The number of nitrogen functional groups attached to an aromatic ring is 1. The van der Waals surface area contributed by atoms with Gasteiger partial charge in [0, 0.05) is 6.20 Å². The smallest absolute Gasteiger partial charge is 0.222 e. The zero-order chi connectivity index (χ0) is 13.9. The number of aromatic nitrogens is 3. The van der Waals surface area contributed by atoms with Gasteiger partial charge in [0.05, 0.1) is 17.7 Å². The van der Waals surface area contributed by atoms with Crippen LogP contribution in [0.25, 0.3) is 11.0 Å². The number of anilines is 2. The van der Waals surface area contributed by atoms with Gasteiger partial charge in [-0.15, -0.1) is 6.58 Å². The van der Waals surface area contributed by atoms with Crippen LogP contribution in [0.15, 0.2) is 31.0 Å². The molecule has 4 N–H and O–H groups in total. The van der Waals surface area contributed by atoms with Crippen molar-refractivity contribution in [3.8, 4) is 0 Å². The summed E-state index contributed by atoms with van der Waals surface area (Å²) >= 11 is 0. The Balaban J connectivity index is 2.47. The molecule has 0 aliphatic heterocycles. The Morgan fingerprint density at radius 3 is 3.00 bits per heavy atom. The molecule has 6 nitrogen and oxygen atoms in total. The second kappa shape index (κ2) is 5.19. The number of hydrogen-bond donors (Lipinski definition) is 3. The summed E-state index contributed by atoms with van der Waals surface area (Å²) < 4.78 is 0. The standard InChI is InChI=1S/C13H17N5O/c1-3-6-13(2,8-19)18-11-10-9(5-4-7-15-10)16-12(14)17-11/h3-5,7,19H,1,6,8H2,2H3,(H3,14,16,17,18). The van der Waals surface area contributed by atoms with E-state index in [2.05, 4.69) is 26.8 Å². The summed E-state index contributed by atoms with van der Waals surface area (Å²) in [6.45, 7) is 5.51. The Hall–Kier alpha value is -2.21. The largest absolute Gasteiger partial charge is 0.394 e. The molecule has 0 bridgehead atoms. The fourth-order valence-corrected chi connectivity index (χ4v) is 1.83. The monoisotopic (exact) mass is 259 g/mol. The molecular formula is C13H17N5O. The summed E-state index contributed by atoms with van der Waals surface area (Å²) in [5.41, 5.74) is 6.41. The number of pyridine rings is 1. The van der Waals surface area contributed by atoms with Crippen LogP contribution in [0.5, 0.6) is 0 Å². The number of fused-ring (bicyclic) bond motifs is 1. The first-order chi connectivity index (χ1) is 9.08. The summed E-state index contributed by atoms with van der Waals surface area (Å²) in [4.78, 5) is 12.5. The van der Waals surface area contributed by atoms with Gasteiger partial charge in [-0.2, -0.15) is 4.98 Å². The minimum Gasteiger partial charge on any atom is -0.394 e. The van der Waals surface area contributed by atoms with Crippen LogP contribution in [0.2, 0.25) is 0 Å². The molecule has 0 aliphatic carbocycles. The van der Waals surface area contributed by atoms with Gasteiger partial charge in [0.1, 0.15) is 5.52 Å². The molecule has 0 aliphatic rings. The van der Waals surface area contributed by atoms with E-state index in [4.69, 9.17) is 5.73 Å². The Labute approximate surface area is 111 Å². The minimum atomic E-state index is -0.563. The van der Waals surface area contributed by atoms with Gasteiger partial charge in [-0.05, 0) is 25.5 Å². The van der Waals surface area contributed by atoms with E-state index in [1.807, 2.05) is 13.0 Å². The van der Waals surface area contributed by atoms with Crippen molar-refractivity contribution < 1.29 is 5.11 Å². The van der Waals surface area contributed by atoms with E-state index in [0.29, 0.717) is 23.3 Å². The molecule has 2 rings (SSSR count). The van der Waals surface area contributed by atoms with E-state index < -0.39 is 5.54 Å². The lowest BCUT2D eigenvalue weighted by atomic mass is 9.99. The molecule has 2 heterocycles. The SMILES string of the molecule is C=CCC(C)(CO)Nc1nc(N)nc2cccnc12. The number of rotatable bonds is 5. The summed E-state index contributed by atoms with van der Waals surface area (Å²) in [5, 5.41) is 12.7. The van der Waals surface area contributed by atoms with Crippen LogP contribution in [-0.4, -0.2) is 32.2 Å². The lowest BCUT2D eigenvalue weighted by Crippen LogP contribution is -2.38. The maximum atomic E-state index is 9.51. The fourth-order valence-electron chi connectivity index (χ4n) is 1.83. The van der Waals surface area contributed by atoms with Crippen molar-refractivity contribution in [2.45, 2.75) is 18.9 Å². The summed E-state index contributed by atoms with van der Waals surface area (Å²) in [6.07, 6.45) is 3.99. The highest BCUT2D eigenvalue weighted by molar-refractivity contribution is 5.86. The predicted molar refractivity (Wildman–Crippen MR) is 75.7 cm³/mol. The first-order valence-corrected chi connectivity index (χ1v) is 5.96. The van der Waals surface area contributed by atoms with E-state index in [9.17, 15) is 5.11 Å². The maximum Gasteiger partial charge on any atom is 0.222 e. The Morgan fingerprint density at radius 2 is 2.32 bits per heavy atom. The molecule has 0 radical (unpaired) electrons. The number of nitrogens with two attached hydrogens (primary N) is 1. The Kier molecular flexibility index (Phi) is 3.62. The zero-order valence-corrected chi connectivity index (χ0v) is 10.8. The summed E-state index contributed by atoms with van der Waals surface area (Å²) in [7, 11) is 0. The van der Waals surface area contributed by atoms with E-state index in [0.717, 1.165) is 0 Å². The Morgan fingerprint density at radius 1 is 1.53 bits per heavy atom. The molecule has 0 saturated heterocycles. The highest BCUT2D eigenvalue weighted by Crippen LogP contribution is 2.23. The van der Waals surface area contributed by atoms with Gasteiger partial charge in [0.25, 0.3) is 0 Å². The topological polar surface area (TPSA) is 97.0 Å². The summed E-state index contributed by atoms with van der Waals surface area (Å²) in [6, 6.07) is 3.60. The van der Waals surface area contributed by atoms with E-state index >= 15 is 0 Å². The third-order valence-corrected chi connectivity index (χ3v) is 2.84. The van der Waals surface area contributed by atoms with Gasteiger partial charge >= 0.3 is 0 Å². The van der Waals surface area contributed by atoms with Crippen LogP contribution < -0.4 is 11.1 Å². The van der Waals surface area contributed by atoms with Crippen LogP contribution in [0.4, 0.5) is 11.8 Å². The van der Waals surface area contributed by atoms with Crippen molar-refractivity contribution in [2.75, 3.05) is 17.7 Å². The molecule has 0 spiro atoms. The first-order valence-electron chi connectivity index (χ1n) is 5.96. The number of nitrogens with zero attached hydrogens (tertiary/aromatic N) is 3. The molecular weight excluding hydrogens is 242 g/mol. The second-order valence-electron chi connectivity index (χ2n) is 4.64.